The van der Waals surface area contributed by atoms with Crippen molar-refractivity contribution in [2.45, 2.75) is 45.6 Å². The van der Waals surface area contributed by atoms with Gasteiger partial charge in [-0.2, -0.15) is 0 Å². The summed E-state index contributed by atoms with van der Waals surface area (Å²) < 4.78 is 10.2. The summed E-state index contributed by atoms with van der Waals surface area (Å²) in [6, 6.07) is 4.33. The van der Waals surface area contributed by atoms with Crippen LogP contribution in [-0.4, -0.2) is 74.8 Å². The Morgan fingerprint density at radius 2 is 1.83 bits per heavy atom. The molecule has 3 amide bonds. The first-order valence-electron chi connectivity index (χ1n) is 11.7. The van der Waals surface area contributed by atoms with Gasteiger partial charge >= 0.3 is 5.97 Å². The minimum Gasteiger partial charge on any atom is -0.496 e. The summed E-state index contributed by atoms with van der Waals surface area (Å²) in [7, 11) is 2.72. The zero-order chi connectivity index (χ0) is 25.8. The monoisotopic (exact) mass is 487 g/mol. The van der Waals surface area contributed by atoms with Gasteiger partial charge in [0, 0.05) is 43.7 Å². The first kappa shape index (κ1) is 26.2. The fourth-order valence-electron chi connectivity index (χ4n) is 4.47. The van der Waals surface area contributed by atoms with E-state index in [1.165, 1.54) is 14.2 Å². The van der Waals surface area contributed by atoms with Crippen LogP contribution in [0.2, 0.25) is 0 Å². The number of aldehydes is 1. The molecule has 2 saturated heterocycles. The minimum absolute atomic E-state index is 0.0702. The molecule has 35 heavy (non-hydrogen) atoms. The molecule has 2 fully saturated rings. The molecule has 0 aliphatic carbocycles. The number of hydrogen-bond donors (Lipinski definition) is 1. The number of hydrogen-bond acceptors (Lipinski definition) is 8. The highest BCUT2D eigenvalue weighted by Gasteiger charge is 2.41. The molecule has 2 heterocycles. The number of amides is 3. The largest absolute Gasteiger partial charge is 0.496 e. The molecule has 3 rings (SSSR count). The Morgan fingerprint density at radius 1 is 1.14 bits per heavy atom. The molecule has 0 radical (unpaired) electrons. The third kappa shape index (κ3) is 5.80. The van der Waals surface area contributed by atoms with E-state index >= 15 is 0 Å². The van der Waals surface area contributed by atoms with Gasteiger partial charge in [0.25, 0.3) is 11.8 Å². The Bertz CT molecular complexity index is 999. The number of carbonyl (C=O) groups excluding carboxylic acids is 5. The molecule has 0 unspecified atom stereocenters. The number of likely N-dealkylation sites (tertiary alicyclic amines) is 1. The van der Waals surface area contributed by atoms with Gasteiger partial charge in [0.05, 0.1) is 25.2 Å². The van der Waals surface area contributed by atoms with Crippen LogP contribution in [0.3, 0.4) is 0 Å². The lowest BCUT2D eigenvalue weighted by Gasteiger charge is -2.35. The van der Waals surface area contributed by atoms with Crippen molar-refractivity contribution in [2.24, 2.45) is 11.3 Å². The van der Waals surface area contributed by atoms with Gasteiger partial charge in [-0.05, 0) is 45.2 Å². The van der Waals surface area contributed by atoms with Gasteiger partial charge in [0.2, 0.25) is 5.91 Å². The van der Waals surface area contributed by atoms with Crippen molar-refractivity contribution in [3.05, 3.63) is 23.8 Å². The number of rotatable bonds is 8. The number of nitrogens with zero attached hydrogens (tertiary/aromatic N) is 2. The van der Waals surface area contributed by atoms with Gasteiger partial charge in [0.1, 0.15) is 18.1 Å². The van der Waals surface area contributed by atoms with Crippen LogP contribution < -0.4 is 15.0 Å². The Morgan fingerprint density at radius 3 is 2.43 bits per heavy atom. The predicted molar refractivity (Wildman–Crippen MR) is 127 cm³/mol. The topological polar surface area (TPSA) is 122 Å². The molecule has 0 saturated carbocycles. The van der Waals surface area contributed by atoms with E-state index in [9.17, 15) is 24.0 Å². The molecule has 0 aromatic heterocycles. The van der Waals surface area contributed by atoms with Gasteiger partial charge in [0.15, 0.2) is 0 Å². The number of methoxy groups -OCH3 is 2. The molecule has 10 nitrogen and oxygen atoms in total. The van der Waals surface area contributed by atoms with E-state index in [2.05, 4.69) is 10.2 Å². The summed E-state index contributed by atoms with van der Waals surface area (Å²) in [6.07, 6.45) is 2.80. The fourth-order valence-corrected chi connectivity index (χ4v) is 4.47. The van der Waals surface area contributed by atoms with Gasteiger partial charge < -0.3 is 24.5 Å². The third-order valence-electron chi connectivity index (χ3n) is 6.64. The Labute approximate surface area is 204 Å². The van der Waals surface area contributed by atoms with Crippen molar-refractivity contribution in [1.82, 2.24) is 10.2 Å². The van der Waals surface area contributed by atoms with Crippen molar-refractivity contribution in [3.63, 3.8) is 0 Å². The number of esters is 1. The number of benzene rings is 1. The van der Waals surface area contributed by atoms with Crippen LogP contribution >= 0.6 is 0 Å². The average Bonchev–Trinajstić information content (AvgIpc) is 2.87. The molecule has 1 atom stereocenters. The van der Waals surface area contributed by atoms with Gasteiger partial charge in [-0.3, -0.25) is 24.1 Å². The third-order valence-corrected chi connectivity index (χ3v) is 6.64. The SMILES string of the molecule is COC(=O)C(C)(C)CN1C(=O)CC[C@H](NC(=O)c2ccc(N3CCC(C=O)CC3)cc2OC)C1=O. The summed E-state index contributed by atoms with van der Waals surface area (Å²) in [5, 5.41) is 2.72. The summed E-state index contributed by atoms with van der Waals surface area (Å²) in [6.45, 7) is 4.52. The Balaban J connectivity index is 1.71. The fraction of sp³-hybridized carbons (Fsp3) is 0.560. The molecule has 2 aliphatic heterocycles. The quantitative estimate of drug-likeness (QED) is 0.333. The van der Waals surface area contributed by atoms with E-state index in [-0.39, 0.29) is 30.9 Å². The highest BCUT2D eigenvalue weighted by Crippen LogP contribution is 2.29. The maximum absolute atomic E-state index is 13.1. The molecule has 0 bridgehead atoms. The Kier molecular flexibility index (Phi) is 8.14. The molecule has 190 valence electrons. The summed E-state index contributed by atoms with van der Waals surface area (Å²) in [5.74, 6) is -1.54. The van der Waals surface area contributed by atoms with E-state index in [0.717, 1.165) is 42.8 Å². The van der Waals surface area contributed by atoms with Crippen LogP contribution in [0.15, 0.2) is 18.2 Å². The molecular weight excluding hydrogens is 454 g/mol. The maximum atomic E-state index is 13.1. The second kappa shape index (κ2) is 10.9. The second-order valence-electron chi connectivity index (χ2n) is 9.60. The van der Waals surface area contributed by atoms with Crippen LogP contribution in [-0.2, 0) is 23.9 Å². The van der Waals surface area contributed by atoms with E-state index < -0.39 is 35.1 Å². The number of nitrogens with one attached hydrogen (secondary N) is 1. The molecule has 1 aromatic rings. The standard InChI is InChI=1S/C25H33N3O7/c1-25(2,24(33)35-4)15-28-21(30)8-7-19(23(28)32)26-22(31)18-6-5-17(13-20(18)34-3)27-11-9-16(14-29)10-12-27/h5-6,13-14,16,19H,7-12,15H2,1-4H3,(H,26,31)/t19-/m0/s1. The lowest BCUT2D eigenvalue weighted by molar-refractivity contribution is -0.158. The van der Waals surface area contributed by atoms with Crippen LogP contribution in [0.25, 0.3) is 0 Å². The van der Waals surface area contributed by atoms with E-state index in [0.29, 0.717) is 5.75 Å². The zero-order valence-electron chi connectivity index (χ0n) is 20.7. The van der Waals surface area contributed by atoms with Crippen molar-refractivity contribution in [2.75, 3.05) is 38.8 Å². The first-order valence-corrected chi connectivity index (χ1v) is 11.7. The van der Waals surface area contributed by atoms with Crippen molar-refractivity contribution in [1.29, 1.82) is 0 Å². The maximum Gasteiger partial charge on any atom is 0.313 e. The van der Waals surface area contributed by atoms with Crippen LogP contribution in [0.1, 0.15) is 49.9 Å². The van der Waals surface area contributed by atoms with Gasteiger partial charge in [-0.15, -0.1) is 0 Å². The molecule has 2 aliphatic rings. The number of piperidine rings is 2. The predicted octanol–water partition coefficient (Wildman–Crippen LogP) is 1.56. The van der Waals surface area contributed by atoms with E-state index in [1.807, 2.05) is 6.07 Å². The number of imide groups is 1. The molecule has 0 spiro atoms. The lowest BCUT2D eigenvalue weighted by atomic mass is 9.91. The highest BCUT2D eigenvalue weighted by atomic mass is 16.5. The summed E-state index contributed by atoms with van der Waals surface area (Å²) in [4.78, 5) is 64.7. The molecule has 1 N–H and O–H groups in total. The Hall–Kier alpha value is -3.43. The first-order chi connectivity index (χ1) is 16.6. The number of anilines is 1. The van der Waals surface area contributed by atoms with E-state index in [1.54, 1.807) is 26.0 Å². The second-order valence-corrected chi connectivity index (χ2v) is 9.60. The summed E-state index contributed by atoms with van der Waals surface area (Å²) in [5.41, 5.74) is 0.0778. The minimum atomic E-state index is -1.08. The van der Waals surface area contributed by atoms with Crippen LogP contribution in [0.4, 0.5) is 5.69 Å². The molecular formula is C25H33N3O7. The van der Waals surface area contributed by atoms with Crippen molar-refractivity contribution < 1.29 is 33.4 Å². The van der Waals surface area contributed by atoms with Gasteiger partial charge in [-0.25, -0.2) is 0 Å². The number of ether oxygens (including phenoxy) is 2. The normalized spacial score (nSPS) is 19.4. The van der Waals surface area contributed by atoms with Gasteiger partial charge in [-0.1, -0.05) is 0 Å². The summed E-state index contributed by atoms with van der Waals surface area (Å²) >= 11 is 0. The number of carbonyl (C=O) groups is 5. The lowest BCUT2D eigenvalue weighted by Crippen LogP contribution is -2.57. The van der Waals surface area contributed by atoms with Crippen molar-refractivity contribution >= 4 is 35.7 Å². The van der Waals surface area contributed by atoms with Crippen LogP contribution in [0, 0.1) is 11.3 Å². The molecule has 10 heteroatoms. The van der Waals surface area contributed by atoms with E-state index in [4.69, 9.17) is 9.47 Å². The zero-order valence-corrected chi connectivity index (χ0v) is 20.7. The molecule has 1 aromatic carbocycles. The highest BCUT2D eigenvalue weighted by molar-refractivity contribution is 6.05. The average molecular weight is 488 g/mol. The van der Waals surface area contributed by atoms with Crippen LogP contribution in [0.5, 0.6) is 5.75 Å². The smallest absolute Gasteiger partial charge is 0.313 e. The van der Waals surface area contributed by atoms with Crippen molar-refractivity contribution in [3.8, 4) is 5.75 Å².